The molecule has 0 radical (unpaired) electrons. The monoisotopic (exact) mass is 451 g/mol. The molecule has 3 heterocycles. The van der Waals surface area contributed by atoms with E-state index in [9.17, 15) is 9.59 Å². The summed E-state index contributed by atoms with van der Waals surface area (Å²) in [6.45, 7) is 8.02. The number of benzene rings is 1. The third kappa shape index (κ3) is 4.63. The van der Waals surface area contributed by atoms with Crippen molar-refractivity contribution in [1.82, 2.24) is 14.5 Å². The van der Waals surface area contributed by atoms with Crippen LogP contribution in [0.3, 0.4) is 0 Å². The molecule has 2 aromatic heterocycles. The number of aryl methyl sites for hydroxylation is 1. The average Bonchev–Trinajstić information content (AvgIpc) is 3.38. The van der Waals surface area contributed by atoms with E-state index in [1.807, 2.05) is 55.3 Å². The van der Waals surface area contributed by atoms with Gasteiger partial charge in [0.05, 0.1) is 34.5 Å². The van der Waals surface area contributed by atoms with Gasteiger partial charge in [0, 0.05) is 30.7 Å². The number of likely N-dealkylation sites (tertiary alicyclic amines) is 1. The second-order valence-corrected chi connectivity index (χ2v) is 9.23. The van der Waals surface area contributed by atoms with Crippen molar-refractivity contribution in [2.45, 2.75) is 40.2 Å². The van der Waals surface area contributed by atoms with Gasteiger partial charge in [-0.3, -0.25) is 9.59 Å². The first-order valence-electron chi connectivity index (χ1n) is 11.1. The van der Waals surface area contributed by atoms with Gasteiger partial charge in [0.15, 0.2) is 0 Å². The van der Waals surface area contributed by atoms with Crippen LogP contribution >= 0.6 is 11.3 Å². The fraction of sp³-hybridized carbons (Fsp3) is 0.400. The number of piperidine rings is 1. The summed E-state index contributed by atoms with van der Waals surface area (Å²) in [5, 5.41) is 3.05. The molecule has 1 saturated heterocycles. The van der Waals surface area contributed by atoms with Crippen LogP contribution in [0, 0.1) is 19.8 Å². The lowest BCUT2D eigenvalue weighted by molar-refractivity contribution is -0.149. The van der Waals surface area contributed by atoms with Gasteiger partial charge in [0.2, 0.25) is 0 Å². The summed E-state index contributed by atoms with van der Waals surface area (Å²) >= 11 is 1.61. The predicted octanol–water partition coefficient (Wildman–Crippen LogP) is 4.69. The van der Waals surface area contributed by atoms with E-state index in [1.54, 1.807) is 11.3 Å². The zero-order chi connectivity index (χ0) is 22.7. The van der Waals surface area contributed by atoms with Gasteiger partial charge in [0.1, 0.15) is 0 Å². The van der Waals surface area contributed by atoms with E-state index in [0.29, 0.717) is 44.6 Å². The number of hydrogen-bond acceptors (Lipinski definition) is 5. The first-order chi connectivity index (χ1) is 15.5. The third-order valence-corrected chi connectivity index (χ3v) is 6.84. The van der Waals surface area contributed by atoms with E-state index in [4.69, 9.17) is 4.74 Å². The molecular weight excluding hydrogens is 422 g/mol. The van der Waals surface area contributed by atoms with Crippen LogP contribution in [-0.4, -0.2) is 46.0 Å². The number of rotatable bonds is 6. The number of thiazole rings is 1. The number of esters is 1. The minimum Gasteiger partial charge on any atom is -0.466 e. The van der Waals surface area contributed by atoms with Gasteiger partial charge in [-0.1, -0.05) is 30.3 Å². The van der Waals surface area contributed by atoms with E-state index >= 15 is 0 Å². The van der Waals surface area contributed by atoms with Gasteiger partial charge in [0.25, 0.3) is 5.91 Å². The molecule has 0 bridgehead atoms. The molecular formula is C25H29N3O3S. The molecule has 0 N–H and O–H groups in total. The fourth-order valence-electron chi connectivity index (χ4n) is 4.27. The van der Waals surface area contributed by atoms with E-state index in [2.05, 4.69) is 21.7 Å². The molecule has 6 nitrogen and oxygen atoms in total. The van der Waals surface area contributed by atoms with E-state index in [0.717, 1.165) is 22.1 Å². The molecule has 1 fully saturated rings. The molecule has 0 spiro atoms. The first-order valence-corrected chi connectivity index (χ1v) is 12.0. The Bertz CT molecular complexity index is 1100. The lowest BCUT2D eigenvalue weighted by Crippen LogP contribution is -2.40. The topological polar surface area (TPSA) is 64.4 Å². The molecule has 1 aliphatic heterocycles. The van der Waals surface area contributed by atoms with Crippen LogP contribution < -0.4 is 0 Å². The van der Waals surface area contributed by atoms with Crippen molar-refractivity contribution < 1.29 is 14.3 Å². The maximum atomic E-state index is 13.5. The van der Waals surface area contributed by atoms with Crippen molar-refractivity contribution in [2.24, 2.45) is 5.92 Å². The molecule has 0 saturated carbocycles. The molecule has 1 aliphatic rings. The van der Waals surface area contributed by atoms with Gasteiger partial charge in [-0.25, -0.2) is 4.98 Å². The fourth-order valence-corrected chi connectivity index (χ4v) is 4.88. The highest BCUT2D eigenvalue weighted by molar-refractivity contribution is 7.09. The molecule has 1 aromatic carbocycles. The van der Waals surface area contributed by atoms with Crippen LogP contribution in [-0.2, 0) is 16.1 Å². The van der Waals surface area contributed by atoms with Crippen molar-refractivity contribution in [1.29, 1.82) is 0 Å². The summed E-state index contributed by atoms with van der Waals surface area (Å²) in [6, 6.07) is 12.2. The van der Waals surface area contributed by atoms with Crippen LogP contribution in [0.2, 0.25) is 0 Å². The lowest BCUT2D eigenvalue weighted by atomic mass is 9.96. The Morgan fingerprint density at radius 2 is 1.88 bits per heavy atom. The highest BCUT2D eigenvalue weighted by Gasteiger charge is 2.30. The summed E-state index contributed by atoms with van der Waals surface area (Å²) in [7, 11) is 0. The van der Waals surface area contributed by atoms with Crippen LogP contribution in [0.4, 0.5) is 0 Å². The summed E-state index contributed by atoms with van der Waals surface area (Å²) in [5.74, 6) is -0.243. The summed E-state index contributed by atoms with van der Waals surface area (Å²) in [5.41, 5.74) is 4.67. The van der Waals surface area contributed by atoms with Gasteiger partial charge in [-0.15, -0.1) is 11.3 Å². The molecule has 168 valence electrons. The second kappa shape index (κ2) is 9.69. The third-order valence-electron chi connectivity index (χ3n) is 6.06. The summed E-state index contributed by atoms with van der Waals surface area (Å²) in [6.07, 6.45) is 1.29. The number of carbonyl (C=O) groups excluding carboxylic acids is 2. The molecule has 0 aliphatic carbocycles. The summed E-state index contributed by atoms with van der Waals surface area (Å²) < 4.78 is 7.34. The number of amides is 1. The van der Waals surface area contributed by atoms with Gasteiger partial charge >= 0.3 is 5.97 Å². The first kappa shape index (κ1) is 22.3. The molecule has 4 rings (SSSR count). The van der Waals surface area contributed by atoms with Crippen molar-refractivity contribution in [3.05, 3.63) is 63.6 Å². The average molecular weight is 452 g/mol. The zero-order valence-corrected chi connectivity index (χ0v) is 19.7. The van der Waals surface area contributed by atoms with Crippen LogP contribution in [0.1, 0.15) is 46.4 Å². The van der Waals surface area contributed by atoms with Crippen molar-refractivity contribution in [3.8, 4) is 11.4 Å². The predicted molar refractivity (Wildman–Crippen MR) is 126 cm³/mol. The van der Waals surface area contributed by atoms with Crippen molar-refractivity contribution in [3.63, 3.8) is 0 Å². The lowest BCUT2D eigenvalue weighted by Gasteiger charge is -2.31. The molecule has 3 aromatic rings. The number of carbonyl (C=O) groups is 2. The Morgan fingerprint density at radius 3 is 2.50 bits per heavy atom. The number of nitrogens with zero attached hydrogens (tertiary/aromatic N) is 3. The van der Waals surface area contributed by atoms with E-state index < -0.39 is 0 Å². The standard InChI is InChI=1S/C25H29N3O3S/c1-4-31-25(30)20-10-12-27(13-11-20)24(29)21-14-23(22-16-32-18(3)26-22)28(17(21)2)15-19-8-6-5-7-9-19/h5-9,14,16,20H,4,10-13,15H2,1-3H3. The van der Waals surface area contributed by atoms with Gasteiger partial charge in [-0.2, -0.15) is 0 Å². The van der Waals surface area contributed by atoms with Gasteiger partial charge in [-0.05, 0) is 45.2 Å². The minimum atomic E-state index is -0.147. The number of ether oxygens (including phenoxy) is 1. The Balaban J connectivity index is 1.60. The van der Waals surface area contributed by atoms with E-state index in [-0.39, 0.29) is 17.8 Å². The summed E-state index contributed by atoms with van der Waals surface area (Å²) in [4.78, 5) is 32.0. The number of hydrogen-bond donors (Lipinski definition) is 0. The Hall–Kier alpha value is -2.93. The molecule has 0 atom stereocenters. The maximum absolute atomic E-state index is 13.5. The minimum absolute atomic E-state index is 0.0184. The normalized spacial score (nSPS) is 14.5. The van der Waals surface area contributed by atoms with E-state index in [1.165, 1.54) is 5.56 Å². The molecule has 1 amide bonds. The molecule has 32 heavy (non-hydrogen) atoms. The van der Waals surface area contributed by atoms with Crippen LogP contribution in [0.25, 0.3) is 11.4 Å². The zero-order valence-electron chi connectivity index (χ0n) is 18.8. The van der Waals surface area contributed by atoms with Gasteiger partial charge < -0.3 is 14.2 Å². The van der Waals surface area contributed by atoms with Crippen LogP contribution in [0.15, 0.2) is 41.8 Å². The maximum Gasteiger partial charge on any atom is 0.309 e. The Morgan fingerprint density at radius 1 is 1.16 bits per heavy atom. The smallest absolute Gasteiger partial charge is 0.309 e. The molecule has 7 heteroatoms. The Kier molecular flexibility index (Phi) is 6.74. The molecule has 0 unspecified atom stereocenters. The van der Waals surface area contributed by atoms with Crippen molar-refractivity contribution in [2.75, 3.05) is 19.7 Å². The SMILES string of the molecule is CCOC(=O)C1CCN(C(=O)c2cc(-c3csc(C)n3)n(Cc3ccccc3)c2C)CC1. The van der Waals surface area contributed by atoms with Crippen LogP contribution in [0.5, 0.6) is 0 Å². The highest BCUT2D eigenvalue weighted by Crippen LogP contribution is 2.30. The van der Waals surface area contributed by atoms with Crippen molar-refractivity contribution >= 4 is 23.2 Å². The highest BCUT2D eigenvalue weighted by atomic mass is 32.1. The Labute approximate surface area is 192 Å². The largest absolute Gasteiger partial charge is 0.466 e. The number of aromatic nitrogens is 2. The quantitative estimate of drug-likeness (QED) is 0.510. The second-order valence-electron chi connectivity index (χ2n) is 8.17.